The summed E-state index contributed by atoms with van der Waals surface area (Å²) >= 11 is 0. The second-order valence-corrected chi connectivity index (χ2v) is 7.11. The Morgan fingerprint density at radius 1 is 0.920 bits per heavy atom. The first-order valence-corrected chi connectivity index (χ1v) is 8.97. The first kappa shape index (κ1) is 16.2. The van der Waals surface area contributed by atoms with Gasteiger partial charge in [0.2, 0.25) is 0 Å². The number of hydrogen-bond donors (Lipinski definition) is 1. The van der Waals surface area contributed by atoms with Gasteiger partial charge in [-0.1, -0.05) is 0 Å². The summed E-state index contributed by atoms with van der Waals surface area (Å²) < 4.78 is 0. The molecule has 0 amide bonds. The highest BCUT2D eigenvalue weighted by Crippen LogP contribution is 2.35. The molecule has 2 aliphatic rings. The van der Waals surface area contributed by atoms with Crippen LogP contribution in [0.1, 0.15) is 35.7 Å². The van der Waals surface area contributed by atoms with E-state index in [1.165, 1.54) is 5.56 Å². The topological polar surface area (TPSA) is 84.1 Å². The molecule has 25 heavy (non-hydrogen) atoms. The molecule has 2 aromatic heterocycles. The molecule has 1 saturated heterocycles. The monoisotopic (exact) mass is 339 g/mol. The minimum absolute atomic E-state index is 0.339. The summed E-state index contributed by atoms with van der Waals surface area (Å²) in [6.45, 7) is 7.87. The van der Waals surface area contributed by atoms with Gasteiger partial charge in [-0.25, -0.2) is 19.9 Å². The average molecular weight is 339 g/mol. The number of nitrogens with zero attached hydrogens (tertiary/aromatic N) is 6. The summed E-state index contributed by atoms with van der Waals surface area (Å²) in [5.74, 6) is 2.59. The molecule has 0 atom stereocenters. The minimum Gasteiger partial charge on any atom is -0.353 e. The van der Waals surface area contributed by atoms with E-state index in [1.807, 2.05) is 6.92 Å². The first-order chi connectivity index (χ1) is 12.1. The predicted octanol–water partition coefficient (Wildman–Crippen LogP) is 1.41. The van der Waals surface area contributed by atoms with Crippen molar-refractivity contribution < 1.29 is 0 Å². The number of nitrogens with two attached hydrogens (primary N) is 1. The maximum absolute atomic E-state index is 5.91. The van der Waals surface area contributed by atoms with Crippen molar-refractivity contribution in [2.45, 2.75) is 38.6 Å². The molecule has 1 saturated carbocycles. The van der Waals surface area contributed by atoms with Gasteiger partial charge < -0.3 is 15.5 Å². The lowest BCUT2D eigenvalue weighted by Gasteiger charge is -2.37. The second-order valence-electron chi connectivity index (χ2n) is 7.11. The van der Waals surface area contributed by atoms with Crippen molar-refractivity contribution in [3.05, 3.63) is 35.7 Å². The summed E-state index contributed by atoms with van der Waals surface area (Å²) in [5, 5.41) is 0. The van der Waals surface area contributed by atoms with Crippen molar-refractivity contribution in [1.82, 2.24) is 19.9 Å². The third kappa shape index (κ3) is 3.16. The zero-order chi connectivity index (χ0) is 17.4. The van der Waals surface area contributed by atoms with Crippen LogP contribution in [0.5, 0.6) is 0 Å². The van der Waals surface area contributed by atoms with Gasteiger partial charge in [0.1, 0.15) is 24.3 Å². The van der Waals surface area contributed by atoms with E-state index >= 15 is 0 Å². The molecule has 2 N–H and O–H groups in total. The maximum atomic E-state index is 5.91. The van der Waals surface area contributed by atoms with Crippen molar-refractivity contribution in [1.29, 1.82) is 0 Å². The van der Waals surface area contributed by atoms with E-state index in [0.29, 0.717) is 12.0 Å². The number of piperazine rings is 1. The molecule has 2 aromatic rings. The van der Waals surface area contributed by atoms with Gasteiger partial charge in [-0.05, 0) is 26.7 Å². The maximum Gasteiger partial charge on any atom is 0.135 e. The number of rotatable bonds is 3. The van der Waals surface area contributed by atoms with Crippen molar-refractivity contribution in [3.8, 4) is 0 Å². The van der Waals surface area contributed by atoms with Crippen LogP contribution in [0.2, 0.25) is 0 Å². The van der Waals surface area contributed by atoms with Gasteiger partial charge in [-0.15, -0.1) is 0 Å². The smallest absolute Gasteiger partial charge is 0.135 e. The van der Waals surface area contributed by atoms with Gasteiger partial charge in [-0.2, -0.15) is 0 Å². The van der Waals surface area contributed by atoms with Gasteiger partial charge >= 0.3 is 0 Å². The molecule has 3 heterocycles. The molecular weight excluding hydrogens is 314 g/mol. The zero-order valence-corrected chi connectivity index (χ0v) is 14.9. The fraction of sp³-hybridized carbons (Fsp3) is 0.556. The summed E-state index contributed by atoms with van der Waals surface area (Å²) in [6.07, 6.45) is 5.43. The molecule has 132 valence electrons. The number of anilines is 2. The Bertz CT molecular complexity index is 749. The normalized spacial score (nSPS) is 23.5. The van der Waals surface area contributed by atoms with E-state index in [4.69, 9.17) is 5.73 Å². The summed E-state index contributed by atoms with van der Waals surface area (Å²) in [7, 11) is 0. The van der Waals surface area contributed by atoms with Gasteiger partial charge in [0.25, 0.3) is 0 Å². The minimum atomic E-state index is 0.339. The molecule has 0 spiro atoms. The quantitative estimate of drug-likeness (QED) is 0.905. The fourth-order valence-corrected chi connectivity index (χ4v) is 3.65. The summed E-state index contributed by atoms with van der Waals surface area (Å²) in [5.41, 5.74) is 9.26. The Morgan fingerprint density at radius 2 is 1.60 bits per heavy atom. The Labute approximate surface area is 148 Å². The van der Waals surface area contributed by atoms with Crippen molar-refractivity contribution in [2.24, 2.45) is 5.73 Å². The number of aryl methyl sites for hydroxylation is 1. The second kappa shape index (κ2) is 6.55. The van der Waals surface area contributed by atoms with E-state index < -0.39 is 0 Å². The lowest BCUT2D eigenvalue weighted by molar-refractivity contribution is 0.345. The third-order valence-electron chi connectivity index (χ3n) is 5.48. The van der Waals surface area contributed by atoms with Crippen LogP contribution in [0.4, 0.5) is 11.6 Å². The lowest BCUT2D eigenvalue weighted by Crippen LogP contribution is -2.47. The van der Waals surface area contributed by atoms with Gasteiger partial charge in [0, 0.05) is 61.2 Å². The predicted molar refractivity (Wildman–Crippen MR) is 97.9 cm³/mol. The van der Waals surface area contributed by atoms with E-state index in [2.05, 4.69) is 42.7 Å². The Kier molecular flexibility index (Phi) is 4.25. The van der Waals surface area contributed by atoms with Gasteiger partial charge in [0.15, 0.2) is 0 Å². The van der Waals surface area contributed by atoms with E-state index in [1.54, 1.807) is 12.7 Å². The molecule has 0 radical (unpaired) electrons. The zero-order valence-electron chi connectivity index (χ0n) is 14.9. The van der Waals surface area contributed by atoms with Crippen LogP contribution in [-0.2, 0) is 0 Å². The molecule has 0 unspecified atom stereocenters. The van der Waals surface area contributed by atoms with Gasteiger partial charge in [-0.3, -0.25) is 0 Å². The van der Waals surface area contributed by atoms with Crippen molar-refractivity contribution >= 4 is 11.6 Å². The molecule has 2 fully saturated rings. The van der Waals surface area contributed by atoms with Crippen LogP contribution in [0, 0.1) is 13.8 Å². The van der Waals surface area contributed by atoms with Gasteiger partial charge in [0.05, 0.1) is 0 Å². The SMILES string of the molecule is Cc1ncnc(N2CCN(c3cc(C4CC(N)C4)ncn3)CC2)c1C. The molecule has 4 rings (SSSR count). The van der Waals surface area contributed by atoms with E-state index in [9.17, 15) is 0 Å². The molecule has 0 bridgehead atoms. The van der Waals surface area contributed by atoms with Crippen LogP contribution in [0.15, 0.2) is 18.7 Å². The van der Waals surface area contributed by atoms with Crippen LogP contribution in [-0.4, -0.2) is 52.2 Å². The third-order valence-corrected chi connectivity index (χ3v) is 5.48. The Balaban J connectivity index is 1.43. The number of aromatic nitrogens is 4. The average Bonchev–Trinajstić information content (AvgIpc) is 2.62. The summed E-state index contributed by atoms with van der Waals surface area (Å²) in [4.78, 5) is 22.4. The summed E-state index contributed by atoms with van der Waals surface area (Å²) in [6, 6.07) is 2.48. The first-order valence-electron chi connectivity index (χ1n) is 8.97. The van der Waals surface area contributed by atoms with Crippen LogP contribution >= 0.6 is 0 Å². The molecule has 0 aromatic carbocycles. The van der Waals surface area contributed by atoms with E-state index in [0.717, 1.165) is 62.0 Å². The Morgan fingerprint density at radius 3 is 2.32 bits per heavy atom. The molecule has 1 aliphatic heterocycles. The van der Waals surface area contributed by atoms with Crippen molar-refractivity contribution in [2.75, 3.05) is 36.0 Å². The molecular formula is C18H25N7. The fourth-order valence-electron chi connectivity index (χ4n) is 3.65. The standard InChI is InChI=1S/C18H25N7/c1-12-13(2)20-10-23-18(12)25-5-3-24(4-6-25)17-9-16(21-11-22-17)14-7-15(19)8-14/h9-11,14-15H,3-8,19H2,1-2H3. The molecule has 1 aliphatic carbocycles. The highest BCUT2D eigenvalue weighted by molar-refractivity contribution is 5.50. The largest absolute Gasteiger partial charge is 0.353 e. The van der Waals surface area contributed by atoms with Crippen molar-refractivity contribution in [3.63, 3.8) is 0 Å². The van der Waals surface area contributed by atoms with Crippen LogP contribution in [0.3, 0.4) is 0 Å². The highest BCUT2D eigenvalue weighted by atomic mass is 15.3. The highest BCUT2D eigenvalue weighted by Gasteiger charge is 2.29. The molecule has 7 nitrogen and oxygen atoms in total. The number of hydrogen-bond acceptors (Lipinski definition) is 7. The van der Waals surface area contributed by atoms with E-state index in [-0.39, 0.29) is 0 Å². The molecule has 7 heteroatoms. The lowest BCUT2D eigenvalue weighted by atomic mass is 9.78. The van der Waals surface area contributed by atoms with Crippen LogP contribution in [0.25, 0.3) is 0 Å². The Hall–Kier alpha value is -2.28. The van der Waals surface area contributed by atoms with Crippen LogP contribution < -0.4 is 15.5 Å².